The third-order valence-corrected chi connectivity index (χ3v) is 7.65. The molecule has 7 rings (SSSR count). The van der Waals surface area contributed by atoms with Crippen LogP contribution in [-0.2, 0) is 11.2 Å². The molecule has 1 aliphatic carbocycles. The first-order valence-corrected chi connectivity index (χ1v) is 13.5. The van der Waals surface area contributed by atoms with E-state index in [4.69, 9.17) is 14.7 Å². The highest BCUT2D eigenvalue weighted by atomic mass is 19.1. The highest BCUT2D eigenvalue weighted by Gasteiger charge is 2.35. The number of carbonyl (C=O) groups is 1. The van der Waals surface area contributed by atoms with E-state index in [1.807, 2.05) is 28.9 Å². The molecule has 11 heteroatoms. The predicted octanol–water partition coefficient (Wildman–Crippen LogP) is 4.52. The minimum Gasteiger partial charge on any atom is -0.367 e. The molecule has 0 radical (unpaired) electrons. The van der Waals surface area contributed by atoms with Gasteiger partial charge in [-0.3, -0.25) is 14.5 Å². The molecule has 40 heavy (non-hydrogen) atoms. The normalized spacial score (nSPS) is 21.0. The summed E-state index contributed by atoms with van der Waals surface area (Å²) in [6.07, 6.45) is 9.37. The van der Waals surface area contributed by atoms with E-state index in [1.54, 1.807) is 29.4 Å². The highest BCUT2D eigenvalue weighted by Crippen LogP contribution is 2.37. The SMILES string of the molecule is C[C@H]1CN(c2nc3c(c(-c4ccc(F)cc4F)n2)CCN(c2ccncc2)C3=O)C[C@@H](c2cnn(C3CC3)c2)O1. The summed E-state index contributed by atoms with van der Waals surface area (Å²) in [5.74, 6) is -1.42. The van der Waals surface area contributed by atoms with Crippen molar-refractivity contribution in [3.63, 3.8) is 0 Å². The van der Waals surface area contributed by atoms with Crippen molar-refractivity contribution < 1.29 is 18.3 Å². The Morgan fingerprint density at radius 2 is 1.82 bits per heavy atom. The van der Waals surface area contributed by atoms with Crippen LogP contribution in [0.25, 0.3) is 11.3 Å². The molecule has 0 N–H and O–H groups in total. The van der Waals surface area contributed by atoms with E-state index in [2.05, 4.69) is 10.1 Å². The Balaban J connectivity index is 1.30. The van der Waals surface area contributed by atoms with Gasteiger partial charge in [-0.15, -0.1) is 0 Å². The number of anilines is 2. The molecule has 9 nitrogen and oxygen atoms in total. The van der Waals surface area contributed by atoms with Crippen molar-refractivity contribution in [2.45, 2.75) is 44.4 Å². The second-order valence-electron chi connectivity index (χ2n) is 10.6. The molecule has 2 fully saturated rings. The average molecular weight is 544 g/mol. The number of benzene rings is 1. The number of ether oxygens (including phenoxy) is 1. The lowest BCUT2D eigenvalue weighted by molar-refractivity contribution is -0.0179. The lowest BCUT2D eigenvalue weighted by Crippen LogP contribution is -2.45. The summed E-state index contributed by atoms with van der Waals surface area (Å²) in [5, 5.41) is 4.51. The number of fused-ring (bicyclic) bond motifs is 1. The Hall–Kier alpha value is -4.25. The summed E-state index contributed by atoms with van der Waals surface area (Å²) in [6, 6.07) is 7.39. The van der Waals surface area contributed by atoms with Crippen molar-refractivity contribution >= 4 is 17.5 Å². The van der Waals surface area contributed by atoms with Crippen molar-refractivity contribution in [2.75, 3.05) is 29.4 Å². The van der Waals surface area contributed by atoms with E-state index in [-0.39, 0.29) is 29.4 Å². The molecule has 1 aromatic carbocycles. The van der Waals surface area contributed by atoms with Crippen molar-refractivity contribution in [1.29, 1.82) is 0 Å². The Labute approximate surface area is 229 Å². The van der Waals surface area contributed by atoms with Crippen molar-refractivity contribution in [1.82, 2.24) is 24.7 Å². The lowest BCUT2D eigenvalue weighted by Gasteiger charge is -2.37. The first-order valence-electron chi connectivity index (χ1n) is 13.5. The fourth-order valence-electron chi connectivity index (χ4n) is 5.51. The number of carbonyl (C=O) groups excluding carboxylic acids is 1. The molecule has 4 aromatic rings. The van der Waals surface area contributed by atoms with Crippen LogP contribution >= 0.6 is 0 Å². The van der Waals surface area contributed by atoms with Gasteiger partial charge >= 0.3 is 0 Å². The molecule has 1 saturated heterocycles. The first kappa shape index (κ1) is 24.8. The van der Waals surface area contributed by atoms with Gasteiger partial charge in [-0.2, -0.15) is 5.10 Å². The number of aromatic nitrogens is 5. The molecule has 3 aliphatic rings. The Morgan fingerprint density at radius 1 is 1.02 bits per heavy atom. The zero-order valence-corrected chi connectivity index (χ0v) is 21.9. The standard InChI is InChI=1S/C29H27F2N7O2/c1-17-14-36(16-25(40-17)18-13-33-38(15-18)21-3-4-21)29-34-26(22-5-2-19(30)12-24(22)31)23-8-11-37(28(39)27(23)35-29)20-6-9-32-10-7-20/h2,5-7,9-10,12-13,15,17,21,25H,3-4,8,11,14,16H2,1H3/t17-,25-/m0/s1. The van der Waals surface area contributed by atoms with Crippen LogP contribution in [0.15, 0.2) is 55.1 Å². The summed E-state index contributed by atoms with van der Waals surface area (Å²) in [6.45, 7) is 3.27. The summed E-state index contributed by atoms with van der Waals surface area (Å²) < 4.78 is 37.1. The smallest absolute Gasteiger partial charge is 0.277 e. The molecule has 1 saturated carbocycles. The van der Waals surface area contributed by atoms with Crippen LogP contribution in [0.3, 0.4) is 0 Å². The van der Waals surface area contributed by atoms with E-state index in [1.165, 1.54) is 12.1 Å². The number of hydrogen-bond donors (Lipinski definition) is 0. The predicted molar refractivity (Wildman–Crippen MR) is 143 cm³/mol. The second kappa shape index (κ2) is 9.74. The number of hydrogen-bond acceptors (Lipinski definition) is 7. The summed E-state index contributed by atoms with van der Waals surface area (Å²) in [4.78, 5) is 31.0. The Morgan fingerprint density at radius 3 is 2.60 bits per heavy atom. The van der Waals surface area contributed by atoms with Gasteiger partial charge in [0.05, 0.1) is 30.6 Å². The maximum absolute atomic E-state index is 15.1. The van der Waals surface area contributed by atoms with Gasteiger partial charge in [0.25, 0.3) is 5.91 Å². The zero-order chi connectivity index (χ0) is 27.4. The fraction of sp³-hybridized carbons (Fsp3) is 0.345. The molecule has 204 valence electrons. The average Bonchev–Trinajstić information content (AvgIpc) is 3.69. The lowest BCUT2D eigenvalue weighted by atomic mass is 9.97. The van der Waals surface area contributed by atoms with Gasteiger partial charge in [0, 0.05) is 60.1 Å². The Kier molecular flexibility index (Phi) is 6.03. The molecule has 3 aromatic heterocycles. The van der Waals surface area contributed by atoms with Crippen LogP contribution in [0.2, 0.25) is 0 Å². The van der Waals surface area contributed by atoms with Crippen molar-refractivity contribution in [2.24, 2.45) is 0 Å². The molecule has 2 aliphatic heterocycles. The molecule has 2 atom stereocenters. The van der Waals surface area contributed by atoms with Crippen molar-refractivity contribution in [3.05, 3.63) is 83.6 Å². The maximum atomic E-state index is 15.1. The third-order valence-electron chi connectivity index (χ3n) is 7.65. The number of pyridine rings is 1. The van der Waals surface area contributed by atoms with Crippen LogP contribution in [0.5, 0.6) is 0 Å². The van der Waals surface area contributed by atoms with Gasteiger partial charge in [-0.05, 0) is 50.5 Å². The maximum Gasteiger partial charge on any atom is 0.277 e. The van der Waals surface area contributed by atoms with Gasteiger partial charge in [0.2, 0.25) is 5.95 Å². The first-order chi connectivity index (χ1) is 19.4. The minimum atomic E-state index is -0.739. The number of nitrogens with zero attached hydrogens (tertiary/aromatic N) is 7. The number of halogens is 2. The van der Waals surface area contributed by atoms with Crippen LogP contribution in [0.4, 0.5) is 20.4 Å². The molecule has 1 amide bonds. The molecule has 0 spiro atoms. The number of rotatable bonds is 5. The summed E-state index contributed by atoms with van der Waals surface area (Å²) >= 11 is 0. The molecular formula is C29H27F2N7O2. The molecule has 0 unspecified atom stereocenters. The Bertz CT molecular complexity index is 1590. The number of amides is 1. The van der Waals surface area contributed by atoms with E-state index >= 15 is 4.39 Å². The highest BCUT2D eigenvalue weighted by molar-refractivity contribution is 6.08. The van der Waals surface area contributed by atoms with E-state index in [9.17, 15) is 9.18 Å². The number of morpholine rings is 1. The quantitative estimate of drug-likeness (QED) is 0.366. The van der Waals surface area contributed by atoms with Crippen LogP contribution < -0.4 is 9.80 Å². The van der Waals surface area contributed by atoms with Gasteiger partial charge < -0.3 is 14.5 Å². The third kappa shape index (κ3) is 4.49. The molecule has 0 bridgehead atoms. The second-order valence-corrected chi connectivity index (χ2v) is 10.6. The van der Waals surface area contributed by atoms with Crippen LogP contribution in [0.1, 0.15) is 53.5 Å². The van der Waals surface area contributed by atoms with Crippen LogP contribution in [-0.4, -0.2) is 56.4 Å². The molecular weight excluding hydrogens is 516 g/mol. The van der Waals surface area contributed by atoms with Gasteiger partial charge in [-0.1, -0.05) is 0 Å². The van der Waals surface area contributed by atoms with Crippen molar-refractivity contribution in [3.8, 4) is 11.3 Å². The topological polar surface area (TPSA) is 89.3 Å². The van der Waals surface area contributed by atoms with Gasteiger partial charge in [-0.25, -0.2) is 18.7 Å². The monoisotopic (exact) mass is 543 g/mol. The van der Waals surface area contributed by atoms with E-state index in [0.717, 1.165) is 24.5 Å². The largest absolute Gasteiger partial charge is 0.367 e. The van der Waals surface area contributed by atoms with Crippen LogP contribution in [0, 0.1) is 11.6 Å². The fourth-order valence-corrected chi connectivity index (χ4v) is 5.51. The van der Waals surface area contributed by atoms with Gasteiger partial charge in [0.1, 0.15) is 23.4 Å². The molecule has 5 heterocycles. The summed E-state index contributed by atoms with van der Waals surface area (Å²) in [5.41, 5.74) is 2.86. The van der Waals surface area contributed by atoms with Gasteiger partial charge in [0.15, 0.2) is 0 Å². The zero-order valence-electron chi connectivity index (χ0n) is 21.9. The minimum absolute atomic E-state index is 0.134. The van der Waals surface area contributed by atoms with E-state index < -0.39 is 11.6 Å². The summed E-state index contributed by atoms with van der Waals surface area (Å²) in [7, 11) is 0. The van der Waals surface area contributed by atoms with E-state index in [0.29, 0.717) is 55.0 Å².